The highest BCUT2D eigenvalue weighted by molar-refractivity contribution is 5.72. The number of aryl methyl sites for hydroxylation is 2. The molecule has 31 heavy (non-hydrogen) atoms. The number of hydrogen-bond acceptors (Lipinski definition) is 4. The normalized spacial score (nSPS) is 15.7. The first-order valence-corrected chi connectivity index (χ1v) is 11.2. The van der Waals surface area contributed by atoms with Crippen molar-refractivity contribution in [3.05, 3.63) is 58.7 Å². The first-order valence-electron chi connectivity index (χ1n) is 11.2. The highest BCUT2D eigenvalue weighted by Crippen LogP contribution is 2.41. The number of rotatable bonds is 11. The van der Waals surface area contributed by atoms with Crippen molar-refractivity contribution in [3.8, 4) is 17.6 Å². The van der Waals surface area contributed by atoms with E-state index in [4.69, 9.17) is 14.7 Å². The van der Waals surface area contributed by atoms with Crippen molar-refractivity contribution in [2.45, 2.75) is 58.3 Å². The van der Waals surface area contributed by atoms with E-state index in [9.17, 15) is 9.90 Å². The van der Waals surface area contributed by atoms with Crippen LogP contribution in [0.1, 0.15) is 67.7 Å². The maximum atomic E-state index is 11.5. The Labute approximate surface area is 184 Å². The number of fused-ring (bicyclic) bond motifs is 1. The molecule has 0 fully saturated rings. The summed E-state index contributed by atoms with van der Waals surface area (Å²) >= 11 is 0. The highest BCUT2D eigenvalue weighted by atomic mass is 16.5. The fraction of sp³-hybridized carbons (Fsp3) is 0.462. The molecule has 2 aromatic rings. The molecule has 0 radical (unpaired) electrons. The molecule has 0 aliphatic heterocycles. The summed E-state index contributed by atoms with van der Waals surface area (Å²) in [6, 6.07) is 13.8. The van der Waals surface area contributed by atoms with E-state index in [1.54, 1.807) is 6.07 Å². The largest absolute Gasteiger partial charge is 0.493 e. The monoisotopic (exact) mass is 421 g/mol. The molecule has 0 amide bonds. The van der Waals surface area contributed by atoms with Crippen LogP contribution in [0.5, 0.6) is 11.5 Å². The van der Waals surface area contributed by atoms with E-state index < -0.39 is 5.97 Å². The van der Waals surface area contributed by atoms with Crippen LogP contribution in [0.3, 0.4) is 0 Å². The van der Waals surface area contributed by atoms with Gasteiger partial charge in [-0.15, -0.1) is 0 Å². The van der Waals surface area contributed by atoms with E-state index in [0.29, 0.717) is 25.2 Å². The summed E-state index contributed by atoms with van der Waals surface area (Å²) in [6.07, 6.45) is 5.08. The fourth-order valence-electron chi connectivity index (χ4n) is 4.45. The lowest BCUT2D eigenvalue weighted by Crippen LogP contribution is -2.19. The number of carboxylic acids is 1. The Kier molecular flexibility index (Phi) is 7.94. The van der Waals surface area contributed by atoms with Crippen LogP contribution in [0, 0.1) is 17.2 Å². The van der Waals surface area contributed by atoms with Gasteiger partial charge in [0.25, 0.3) is 0 Å². The van der Waals surface area contributed by atoms with Crippen molar-refractivity contribution in [3.63, 3.8) is 0 Å². The Morgan fingerprint density at radius 2 is 2.00 bits per heavy atom. The van der Waals surface area contributed by atoms with Crippen molar-refractivity contribution in [1.82, 2.24) is 0 Å². The Morgan fingerprint density at radius 1 is 1.19 bits per heavy atom. The minimum atomic E-state index is -0.704. The van der Waals surface area contributed by atoms with E-state index in [-0.39, 0.29) is 11.8 Å². The molecule has 3 rings (SSSR count). The number of nitrogens with zero attached hydrogens (tertiary/aromatic N) is 1. The minimum absolute atomic E-state index is 0.102. The number of nitriles is 1. The molecule has 5 nitrogen and oxygen atoms in total. The van der Waals surface area contributed by atoms with Gasteiger partial charge in [0.1, 0.15) is 11.5 Å². The predicted molar refractivity (Wildman–Crippen MR) is 120 cm³/mol. The molecule has 0 heterocycles. The third-order valence-electron chi connectivity index (χ3n) is 6.01. The first kappa shape index (κ1) is 22.7. The van der Waals surface area contributed by atoms with Crippen LogP contribution in [-0.4, -0.2) is 24.3 Å². The predicted octanol–water partition coefficient (Wildman–Crippen LogP) is 5.50. The number of hydrogen-bond donors (Lipinski definition) is 1. The van der Waals surface area contributed by atoms with E-state index in [1.165, 1.54) is 5.56 Å². The fourth-order valence-corrected chi connectivity index (χ4v) is 4.45. The topological polar surface area (TPSA) is 79.5 Å². The summed E-state index contributed by atoms with van der Waals surface area (Å²) in [6.45, 7) is 5.15. The Hall–Kier alpha value is -3.00. The van der Waals surface area contributed by atoms with E-state index in [2.05, 4.69) is 19.1 Å². The van der Waals surface area contributed by atoms with Gasteiger partial charge in [-0.25, -0.2) is 0 Å². The van der Waals surface area contributed by atoms with Gasteiger partial charge in [-0.3, -0.25) is 4.79 Å². The molecule has 5 heteroatoms. The second-order valence-electron chi connectivity index (χ2n) is 8.09. The van der Waals surface area contributed by atoms with Crippen LogP contribution in [0.2, 0.25) is 0 Å². The van der Waals surface area contributed by atoms with Crippen molar-refractivity contribution >= 4 is 5.97 Å². The smallest absolute Gasteiger partial charge is 0.307 e. The third-order valence-corrected chi connectivity index (χ3v) is 6.01. The van der Waals surface area contributed by atoms with E-state index >= 15 is 0 Å². The number of carboxylic acid groups (broad SMARTS) is 1. The standard InChI is InChI=1S/C26H31NO4/c1-3-6-20-15-18(17-27)7-12-25(20)31-14-5-13-30-21-9-11-23-19(16-21)8-10-24(23)22(4-2)26(28)29/h7,9,11-12,15-16,22,24H,3-6,8,10,13-14H2,1-2H3,(H,28,29)/t22?,24-/m0/s1. The molecule has 0 aromatic heterocycles. The lowest BCUT2D eigenvalue weighted by Gasteiger charge is -2.19. The quantitative estimate of drug-likeness (QED) is 0.485. The number of ether oxygens (including phenoxy) is 2. The van der Waals surface area contributed by atoms with Crippen LogP contribution < -0.4 is 9.47 Å². The number of aliphatic carboxylic acids is 1. The molecule has 0 spiro atoms. The Bertz CT molecular complexity index is 947. The van der Waals surface area contributed by atoms with Crippen molar-refractivity contribution in [1.29, 1.82) is 5.26 Å². The van der Waals surface area contributed by atoms with E-state index in [0.717, 1.165) is 54.7 Å². The van der Waals surface area contributed by atoms with Gasteiger partial charge >= 0.3 is 5.97 Å². The molecule has 2 aromatic carbocycles. The van der Waals surface area contributed by atoms with Crippen LogP contribution in [0.4, 0.5) is 0 Å². The lowest BCUT2D eigenvalue weighted by molar-refractivity contribution is -0.142. The summed E-state index contributed by atoms with van der Waals surface area (Å²) in [4.78, 5) is 11.5. The second kappa shape index (κ2) is 10.9. The minimum Gasteiger partial charge on any atom is -0.493 e. The molecule has 164 valence electrons. The average molecular weight is 422 g/mol. The van der Waals surface area contributed by atoms with Crippen LogP contribution >= 0.6 is 0 Å². The molecular weight excluding hydrogens is 390 g/mol. The SMILES string of the molecule is CCCc1cc(C#N)ccc1OCCCOc1ccc2c(c1)CC[C@H]2C(CC)C(=O)O. The maximum Gasteiger partial charge on any atom is 0.307 e. The molecule has 1 N–H and O–H groups in total. The van der Waals surface area contributed by atoms with Gasteiger partial charge in [0.2, 0.25) is 0 Å². The summed E-state index contributed by atoms with van der Waals surface area (Å²) in [5.74, 6) is 0.751. The molecule has 1 unspecified atom stereocenters. The van der Waals surface area contributed by atoms with Gasteiger partial charge in [0.05, 0.1) is 30.8 Å². The molecule has 0 saturated heterocycles. The Balaban J connectivity index is 1.50. The summed E-state index contributed by atoms with van der Waals surface area (Å²) in [5, 5.41) is 18.6. The molecule has 2 atom stereocenters. The third kappa shape index (κ3) is 5.58. The summed E-state index contributed by atoms with van der Waals surface area (Å²) < 4.78 is 11.8. The second-order valence-corrected chi connectivity index (χ2v) is 8.09. The van der Waals surface area contributed by atoms with Gasteiger partial charge in [-0.05, 0) is 78.6 Å². The molecule has 1 aliphatic rings. The summed E-state index contributed by atoms with van der Waals surface area (Å²) in [5.41, 5.74) is 4.10. The van der Waals surface area contributed by atoms with E-state index in [1.807, 2.05) is 31.2 Å². The molecule has 1 aliphatic carbocycles. The molecule has 0 saturated carbocycles. The maximum absolute atomic E-state index is 11.5. The van der Waals surface area contributed by atoms with Gasteiger partial charge in [-0.2, -0.15) is 5.26 Å². The van der Waals surface area contributed by atoms with Crippen LogP contribution in [0.15, 0.2) is 36.4 Å². The number of benzene rings is 2. The first-order chi connectivity index (χ1) is 15.1. The average Bonchev–Trinajstić information content (AvgIpc) is 3.17. The van der Waals surface area contributed by atoms with Crippen LogP contribution in [0.25, 0.3) is 0 Å². The van der Waals surface area contributed by atoms with Gasteiger partial charge in [0, 0.05) is 6.42 Å². The van der Waals surface area contributed by atoms with Gasteiger partial charge in [0.15, 0.2) is 0 Å². The zero-order chi connectivity index (χ0) is 22.2. The van der Waals surface area contributed by atoms with Crippen molar-refractivity contribution in [2.75, 3.05) is 13.2 Å². The lowest BCUT2D eigenvalue weighted by atomic mass is 9.85. The van der Waals surface area contributed by atoms with Gasteiger partial charge < -0.3 is 14.6 Å². The Morgan fingerprint density at radius 3 is 2.71 bits per heavy atom. The zero-order valence-electron chi connectivity index (χ0n) is 18.4. The summed E-state index contributed by atoms with van der Waals surface area (Å²) in [7, 11) is 0. The van der Waals surface area contributed by atoms with Gasteiger partial charge in [-0.1, -0.05) is 26.3 Å². The van der Waals surface area contributed by atoms with Crippen LogP contribution in [-0.2, 0) is 17.6 Å². The van der Waals surface area contributed by atoms with Crippen molar-refractivity contribution < 1.29 is 19.4 Å². The molecular formula is C26H31NO4. The molecule has 0 bridgehead atoms. The van der Waals surface area contributed by atoms with Crippen molar-refractivity contribution in [2.24, 2.45) is 5.92 Å². The number of carbonyl (C=O) groups is 1. The highest BCUT2D eigenvalue weighted by Gasteiger charge is 2.33. The zero-order valence-corrected chi connectivity index (χ0v) is 18.4.